The van der Waals surface area contributed by atoms with Gasteiger partial charge in [-0.1, -0.05) is 6.07 Å². The summed E-state index contributed by atoms with van der Waals surface area (Å²) < 4.78 is 45.0. The van der Waals surface area contributed by atoms with Crippen molar-refractivity contribution in [3.8, 4) is 11.5 Å². The van der Waals surface area contributed by atoms with Crippen molar-refractivity contribution < 1.29 is 17.6 Å². The lowest BCUT2D eigenvalue weighted by Gasteiger charge is -1.98. The molecule has 2 aromatic carbocycles. The summed E-state index contributed by atoms with van der Waals surface area (Å²) in [6, 6.07) is 5.46. The van der Waals surface area contributed by atoms with Crippen LogP contribution in [-0.2, 0) is 0 Å². The van der Waals surface area contributed by atoms with Crippen molar-refractivity contribution >= 4 is 11.1 Å². The van der Waals surface area contributed by atoms with E-state index in [0.717, 1.165) is 23.3 Å². The maximum atomic E-state index is 13.2. The molecule has 0 aliphatic rings. The first-order valence-electron chi connectivity index (χ1n) is 5.98. The number of hydrogen-bond acceptors (Lipinski definition) is 2. The Morgan fingerprint density at radius 1 is 0.950 bits per heavy atom. The summed E-state index contributed by atoms with van der Waals surface area (Å²) in [7, 11) is 0. The van der Waals surface area contributed by atoms with E-state index in [1.165, 1.54) is 0 Å². The van der Waals surface area contributed by atoms with Crippen LogP contribution in [0.5, 0.6) is 0 Å². The minimum Gasteiger partial charge on any atom is -0.436 e. The van der Waals surface area contributed by atoms with Crippen LogP contribution in [0.4, 0.5) is 13.2 Å². The summed E-state index contributed by atoms with van der Waals surface area (Å²) in [6.45, 7) is 3.77. The Morgan fingerprint density at radius 3 is 2.25 bits per heavy atom. The highest BCUT2D eigenvalue weighted by Gasteiger charge is 2.16. The molecule has 0 aliphatic carbocycles. The quantitative estimate of drug-likeness (QED) is 0.611. The Hall–Kier alpha value is -2.30. The Balaban J connectivity index is 2.22. The van der Waals surface area contributed by atoms with Gasteiger partial charge in [0.1, 0.15) is 5.52 Å². The van der Waals surface area contributed by atoms with E-state index in [9.17, 15) is 13.2 Å². The van der Waals surface area contributed by atoms with Crippen LogP contribution >= 0.6 is 0 Å². The van der Waals surface area contributed by atoms with E-state index in [1.807, 2.05) is 26.0 Å². The van der Waals surface area contributed by atoms with Crippen molar-refractivity contribution in [1.29, 1.82) is 0 Å². The zero-order valence-electron chi connectivity index (χ0n) is 10.8. The van der Waals surface area contributed by atoms with Gasteiger partial charge < -0.3 is 4.42 Å². The molecule has 0 saturated carbocycles. The number of halogens is 3. The normalized spacial score (nSPS) is 11.2. The molecular formula is C15H10F3NO. The first kappa shape index (κ1) is 12.7. The molecule has 1 heterocycles. The highest BCUT2D eigenvalue weighted by molar-refractivity contribution is 5.80. The lowest BCUT2D eigenvalue weighted by atomic mass is 10.1. The van der Waals surface area contributed by atoms with E-state index in [0.29, 0.717) is 11.1 Å². The Kier molecular flexibility index (Phi) is 2.78. The van der Waals surface area contributed by atoms with Gasteiger partial charge in [-0.25, -0.2) is 18.2 Å². The van der Waals surface area contributed by atoms with Crippen molar-refractivity contribution in [2.45, 2.75) is 13.8 Å². The second-order valence-electron chi connectivity index (χ2n) is 4.70. The molecule has 0 bridgehead atoms. The predicted octanol–water partition coefficient (Wildman–Crippen LogP) is 4.53. The molecule has 0 N–H and O–H groups in total. The van der Waals surface area contributed by atoms with Crippen LogP contribution in [0.3, 0.4) is 0 Å². The summed E-state index contributed by atoms with van der Waals surface area (Å²) in [4.78, 5) is 4.19. The molecular weight excluding hydrogens is 267 g/mol. The molecule has 102 valence electrons. The predicted molar refractivity (Wildman–Crippen MR) is 68.8 cm³/mol. The van der Waals surface area contributed by atoms with Gasteiger partial charge in [0.05, 0.1) is 0 Å². The SMILES string of the molecule is Cc1cc(C)c2oc(-c3cc(F)c(F)c(F)c3)nc2c1. The van der Waals surface area contributed by atoms with Crippen molar-refractivity contribution in [3.05, 3.63) is 52.8 Å². The average molecular weight is 277 g/mol. The van der Waals surface area contributed by atoms with Gasteiger partial charge in [-0.15, -0.1) is 0 Å². The first-order chi connectivity index (χ1) is 9.45. The minimum atomic E-state index is -1.50. The average Bonchev–Trinajstić information content (AvgIpc) is 2.79. The molecule has 0 saturated heterocycles. The van der Waals surface area contributed by atoms with E-state index in [4.69, 9.17) is 4.42 Å². The molecule has 0 fully saturated rings. The Labute approximate surface area is 112 Å². The van der Waals surface area contributed by atoms with Crippen LogP contribution in [0.1, 0.15) is 11.1 Å². The van der Waals surface area contributed by atoms with Gasteiger partial charge in [-0.2, -0.15) is 0 Å². The fourth-order valence-electron chi connectivity index (χ4n) is 2.18. The van der Waals surface area contributed by atoms with Crippen molar-refractivity contribution in [2.24, 2.45) is 0 Å². The third kappa shape index (κ3) is 1.95. The van der Waals surface area contributed by atoms with E-state index in [1.54, 1.807) is 0 Å². The van der Waals surface area contributed by atoms with E-state index in [2.05, 4.69) is 4.98 Å². The number of oxazole rings is 1. The van der Waals surface area contributed by atoms with Crippen molar-refractivity contribution in [1.82, 2.24) is 4.98 Å². The number of nitrogens with zero attached hydrogens (tertiary/aromatic N) is 1. The highest BCUT2D eigenvalue weighted by atomic mass is 19.2. The first-order valence-corrected chi connectivity index (χ1v) is 5.98. The number of aryl methyl sites for hydroxylation is 2. The van der Waals surface area contributed by atoms with E-state index < -0.39 is 17.5 Å². The topological polar surface area (TPSA) is 26.0 Å². The molecule has 2 nitrogen and oxygen atoms in total. The summed E-state index contributed by atoms with van der Waals surface area (Å²) in [5, 5.41) is 0. The van der Waals surface area contributed by atoms with Crippen LogP contribution in [0.25, 0.3) is 22.6 Å². The van der Waals surface area contributed by atoms with Gasteiger partial charge in [-0.05, 0) is 43.2 Å². The zero-order chi connectivity index (χ0) is 14.4. The van der Waals surface area contributed by atoms with Crippen LogP contribution in [0.2, 0.25) is 0 Å². The Bertz CT molecular complexity index is 800. The van der Waals surface area contributed by atoms with Gasteiger partial charge >= 0.3 is 0 Å². The van der Waals surface area contributed by atoms with Crippen LogP contribution in [0, 0.1) is 31.3 Å². The third-order valence-electron chi connectivity index (χ3n) is 3.05. The van der Waals surface area contributed by atoms with Gasteiger partial charge in [0.2, 0.25) is 5.89 Å². The fraction of sp³-hybridized carbons (Fsp3) is 0.133. The summed E-state index contributed by atoms with van der Waals surface area (Å²) in [5.41, 5.74) is 3.10. The number of benzene rings is 2. The van der Waals surface area contributed by atoms with Crippen LogP contribution in [-0.4, -0.2) is 4.98 Å². The maximum absolute atomic E-state index is 13.2. The molecule has 0 aliphatic heterocycles. The molecule has 0 atom stereocenters. The van der Waals surface area contributed by atoms with Crippen LogP contribution < -0.4 is 0 Å². The third-order valence-corrected chi connectivity index (χ3v) is 3.05. The summed E-state index contributed by atoms with van der Waals surface area (Å²) in [5.74, 6) is -3.98. The zero-order valence-corrected chi connectivity index (χ0v) is 10.8. The molecule has 3 aromatic rings. The van der Waals surface area contributed by atoms with E-state index in [-0.39, 0.29) is 11.5 Å². The molecule has 0 radical (unpaired) electrons. The minimum absolute atomic E-state index is 0.0616. The number of fused-ring (bicyclic) bond motifs is 1. The molecule has 3 rings (SSSR count). The van der Waals surface area contributed by atoms with Gasteiger partial charge in [0.15, 0.2) is 23.0 Å². The largest absolute Gasteiger partial charge is 0.436 e. The highest BCUT2D eigenvalue weighted by Crippen LogP contribution is 2.29. The lowest BCUT2D eigenvalue weighted by Crippen LogP contribution is -1.91. The Morgan fingerprint density at radius 2 is 1.60 bits per heavy atom. The van der Waals surface area contributed by atoms with Gasteiger partial charge in [0.25, 0.3) is 0 Å². The molecule has 1 aromatic heterocycles. The van der Waals surface area contributed by atoms with Crippen molar-refractivity contribution in [3.63, 3.8) is 0 Å². The van der Waals surface area contributed by atoms with E-state index >= 15 is 0 Å². The summed E-state index contributed by atoms with van der Waals surface area (Å²) in [6.07, 6.45) is 0. The fourth-order valence-corrected chi connectivity index (χ4v) is 2.18. The standard InChI is InChI=1S/C15H10F3NO/c1-7-3-8(2)14-12(4-7)19-15(20-14)9-5-10(16)13(18)11(17)6-9/h3-6H,1-2H3. The summed E-state index contributed by atoms with van der Waals surface area (Å²) >= 11 is 0. The second-order valence-corrected chi connectivity index (χ2v) is 4.70. The number of aromatic nitrogens is 1. The number of hydrogen-bond donors (Lipinski definition) is 0. The lowest BCUT2D eigenvalue weighted by molar-refractivity contribution is 0.447. The number of rotatable bonds is 1. The molecule has 5 heteroatoms. The van der Waals surface area contributed by atoms with Crippen LogP contribution in [0.15, 0.2) is 28.7 Å². The smallest absolute Gasteiger partial charge is 0.227 e. The van der Waals surface area contributed by atoms with Crippen molar-refractivity contribution in [2.75, 3.05) is 0 Å². The monoisotopic (exact) mass is 277 g/mol. The molecule has 20 heavy (non-hydrogen) atoms. The van der Waals surface area contributed by atoms with Gasteiger partial charge in [0, 0.05) is 5.56 Å². The van der Waals surface area contributed by atoms with Gasteiger partial charge in [-0.3, -0.25) is 0 Å². The molecule has 0 amide bonds. The maximum Gasteiger partial charge on any atom is 0.227 e. The second kappa shape index (κ2) is 4.37. The molecule has 0 unspecified atom stereocenters. The molecule has 0 spiro atoms.